The largest absolute Gasteiger partial charge is 0.482 e. The van der Waals surface area contributed by atoms with E-state index in [0.29, 0.717) is 17.5 Å². The summed E-state index contributed by atoms with van der Waals surface area (Å²) in [6, 6.07) is 10.4. The molecule has 3 aromatic rings. The van der Waals surface area contributed by atoms with Crippen molar-refractivity contribution in [3.8, 4) is 5.75 Å². The molecule has 10 heteroatoms. The normalized spacial score (nSPS) is 12.5. The van der Waals surface area contributed by atoms with E-state index >= 15 is 0 Å². The van der Waals surface area contributed by atoms with E-state index in [1.165, 1.54) is 12.1 Å². The predicted molar refractivity (Wildman–Crippen MR) is 121 cm³/mol. The van der Waals surface area contributed by atoms with Gasteiger partial charge in [-0.2, -0.15) is 13.2 Å². The minimum absolute atomic E-state index is 0.0272. The Hall–Kier alpha value is -3.01. The van der Waals surface area contributed by atoms with Gasteiger partial charge in [-0.05, 0) is 63.1 Å². The van der Waals surface area contributed by atoms with Crippen LogP contribution in [0.3, 0.4) is 0 Å². The summed E-state index contributed by atoms with van der Waals surface area (Å²) in [5, 5.41) is 11.5. The molecule has 0 saturated carbocycles. The third-order valence-electron chi connectivity index (χ3n) is 5.09. The number of rotatable bonds is 8. The fourth-order valence-electron chi connectivity index (χ4n) is 3.20. The van der Waals surface area contributed by atoms with Crippen LogP contribution >= 0.6 is 11.8 Å². The number of ether oxygens (including phenoxy) is 1. The van der Waals surface area contributed by atoms with Crippen LogP contribution in [0.15, 0.2) is 47.6 Å². The first kappa shape index (κ1) is 24.6. The monoisotopic (exact) mass is 478 g/mol. The zero-order valence-electron chi connectivity index (χ0n) is 18.7. The number of aryl methyl sites for hydroxylation is 1. The highest BCUT2D eigenvalue weighted by Crippen LogP contribution is 2.31. The van der Waals surface area contributed by atoms with Crippen molar-refractivity contribution in [1.82, 2.24) is 14.8 Å². The molecule has 1 N–H and O–H groups in total. The fraction of sp³-hybridized carbons (Fsp3) is 0.348. The Morgan fingerprint density at radius 1 is 1.18 bits per heavy atom. The summed E-state index contributed by atoms with van der Waals surface area (Å²) in [5.41, 5.74) is 1.44. The van der Waals surface area contributed by atoms with Gasteiger partial charge < -0.3 is 14.6 Å². The first-order valence-electron chi connectivity index (χ1n) is 10.4. The second-order valence-electron chi connectivity index (χ2n) is 7.46. The molecular weight excluding hydrogens is 453 g/mol. The number of amides is 1. The molecule has 3 rings (SSSR count). The number of aromatic nitrogens is 3. The lowest BCUT2D eigenvalue weighted by molar-refractivity contribution is -0.137. The summed E-state index contributed by atoms with van der Waals surface area (Å²) in [7, 11) is 0. The van der Waals surface area contributed by atoms with Crippen molar-refractivity contribution in [2.75, 3.05) is 11.1 Å². The van der Waals surface area contributed by atoms with Crippen molar-refractivity contribution in [2.24, 2.45) is 0 Å². The van der Waals surface area contributed by atoms with Crippen molar-refractivity contribution < 1.29 is 22.7 Å². The van der Waals surface area contributed by atoms with Crippen molar-refractivity contribution in [3.05, 3.63) is 65.0 Å². The summed E-state index contributed by atoms with van der Waals surface area (Å²) in [6.45, 7) is 8.39. The molecule has 0 aliphatic heterocycles. The van der Waals surface area contributed by atoms with Crippen LogP contribution in [0.5, 0.6) is 5.75 Å². The van der Waals surface area contributed by atoms with Gasteiger partial charge in [0, 0.05) is 12.2 Å². The molecular formula is C23H25F3N4O2S. The number of carbonyl (C=O) groups is 1. The van der Waals surface area contributed by atoms with Gasteiger partial charge in [-0.3, -0.25) is 4.79 Å². The van der Waals surface area contributed by atoms with E-state index < -0.39 is 17.6 Å². The van der Waals surface area contributed by atoms with Crippen molar-refractivity contribution in [3.63, 3.8) is 0 Å². The molecule has 0 spiro atoms. The van der Waals surface area contributed by atoms with Gasteiger partial charge in [0.2, 0.25) is 5.91 Å². The predicted octanol–water partition coefficient (Wildman–Crippen LogP) is 5.80. The number of thioether (sulfide) groups is 1. The second-order valence-corrected chi connectivity index (χ2v) is 8.40. The van der Waals surface area contributed by atoms with Crippen LogP contribution in [0.4, 0.5) is 18.9 Å². The summed E-state index contributed by atoms with van der Waals surface area (Å²) in [4.78, 5) is 12.3. The lowest BCUT2D eigenvalue weighted by Crippen LogP contribution is -2.16. The fourth-order valence-corrected chi connectivity index (χ4v) is 4.01. The van der Waals surface area contributed by atoms with Crippen molar-refractivity contribution in [2.45, 2.75) is 51.7 Å². The highest BCUT2D eigenvalue weighted by molar-refractivity contribution is 7.99. The van der Waals surface area contributed by atoms with Crippen LogP contribution < -0.4 is 10.1 Å². The van der Waals surface area contributed by atoms with Gasteiger partial charge in [-0.1, -0.05) is 30.0 Å². The Morgan fingerprint density at radius 3 is 2.61 bits per heavy atom. The van der Waals surface area contributed by atoms with Crippen LogP contribution in [-0.4, -0.2) is 26.4 Å². The van der Waals surface area contributed by atoms with E-state index in [9.17, 15) is 18.0 Å². The lowest BCUT2D eigenvalue weighted by Gasteiger charge is -2.17. The quantitative estimate of drug-likeness (QED) is 0.414. The standard InChI is InChI=1S/C23H25F3N4O2S/c1-5-30-21(16(4)32-19-11-6-8-14(2)15(19)3)28-29-22(30)33-13-20(31)27-18-10-7-9-17(12-18)23(24,25)26/h6-12,16H,5,13H2,1-4H3,(H,27,31). The first-order chi connectivity index (χ1) is 15.6. The Balaban J connectivity index is 1.65. The van der Waals surface area contributed by atoms with E-state index in [4.69, 9.17) is 4.74 Å². The smallest absolute Gasteiger partial charge is 0.416 e. The number of carbonyl (C=O) groups excluding carboxylic acids is 1. The van der Waals surface area contributed by atoms with Crippen LogP contribution in [-0.2, 0) is 17.5 Å². The third kappa shape index (κ3) is 6.07. The average Bonchev–Trinajstić information content (AvgIpc) is 3.18. The maximum Gasteiger partial charge on any atom is 0.416 e. The summed E-state index contributed by atoms with van der Waals surface area (Å²) in [5.74, 6) is 0.925. The molecule has 0 fully saturated rings. The molecule has 0 aliphatic carbocycles. The Labute approximate surface area is 194 Å². The first-order valence-corrected chi connectivity index (χ1v) is 11.3. The molecule has 1 unspecified atom stereocenters. The number of nitrogens with one attached hydrogen (secondary N) is 1. The van der Waals surface area contributed by atoms with Gasteiger partial charge in [0.05, 0.1) is 11.3 Å². The Bertz CT molecular complexity index is 1130. The topological polar surface area (TPSA) is 69.0 Å². The van der Waals surface area contributed by atoms with E-state index in [0.717, 1.165) is 40.8 Å². The van der Waals surface area contributed by atoms with Crippen LogP contribution in [0.1, 0.15) is 42.5 Å². The van der Waals surface area contributed by atoms with E-state index in [-0.39, 0.29) is 17.5 Å². The summed E-state index contributed by atoms with van der Waals surface area (Å²) in [6.07, 6.45) is -4.84. The number of benzene rings is 2. The zero-order valence-corrected chi connectivity index (χ0v) is 19.5. The van der Waals surface area contributed by atoms with Gasteiger partial charge in [0.15, 0.2) is 17.1 Å². The molecule has 33 heavy (non-hydrogen) atoms. The number of hydrogen-bond donors (Lipinski definition) is 1. The van der Waals surface area contributed by atoms with Crippen LogP contribution in [0.25, 0.3) is 0 Å². The minimum Gasteiger partial charge on any atom is -0.482 e. The number of halogens is 3. The number of hydrogen-bond acceptors (Lipinski definition) is 5. The molecule has 1 atom stereocenters. The molecule has 0 aliphatic rings. The van der Waals surface area contributed by atoms with E-state index in [1.807, 2.05) is 50.5 Å². The van der Waals surface area contributed by atoms with Gasteiger partial charge in [0.25, 0.3) is 0 Å². The molecule has 0 saturated heterocycles. The molecule has 1 heterocycles. The minimum atomic E-state index is -4.47. The van der Waals surface area contributed by atoms with Crippen LogP contribution in [0, 0.1) is 13.8 Å². The zero-order chi connectivity index (χ0) is 24.2. The molecule has 6 nitrogen and oxygen atoms in total. The van der Waals surface area contributed by atoms with Gasteiger partial charge in [-0.25, -0.2) is 0 Å². The number of nitrogens with zero attached hydrogens (tertiary/aromatic N) is 3. The van der Waals surface area contributed by atoms with Crippen molar-refractivity contribution in [1.29, 1.82) is 0 Å². The summed E-state index contributed by atoms with van der Waals surface area (Å²) < 4.78 is 46.5. The van der Waals surface area contributed by atoms with Crippen molar-refractivity contribution >= 4 is 23.4 Å². The molecule has 176 valence electrons. The lowest BCUT2D eigenvalue weighted by atomic mass is 10.1. The Kier molecular flexibility index (Phi) is 7.68. The SMILES string of the molecule is CCn1c(SCC(=O)Nc2cccc(C(F)(F)F)c2)nnc1C(C)Oc1cccc(C)c1C. The maximum atomic E-state index is 12.9. The average molecular weight is 479 g/mol. The Morgan fingerprint density at radius 2 is 1.91 bits per heavy atom. The molecule has 1 amide bonds. The summed E-state index contributed by atoms with van der Waals surface area (Å²) >= 11 is 1.16. The van der Waals surface area contributed by atoms with Gasteiger partial charge >= 0.3 is 6.18 Å². The van der Waals surface area contributed by atoms with E-state index in [2.05, 4.69) is 15.5 Å². The van der Waals surface area contributed by atoms with Gasteiger partial charge in [-0.15, -0.1) is 10.2 Å². The van der Waals surface area contributed by atoms with Crippen LogP contribution in [0.2, 0.25) is 0 Å². The molecule has 2 aromatic carbocycles. The molecule has 0 bridgehead atoms. The second kappa shape index (κ2) is 10.3. The highest BCUT2D eigenvalue weighted by atomic mass is 32.2. The number of anilines is 1. The maximum absolute atomic E-state index is 12.9. The third-order valence-corrected chi connectivity index (χ3v) is 6.06. The van der Waals surface area contributed by atoms with Gasteiger partial charge in [0.1, 0.15) is 5.75 Å². The van der Waals surface area contributed by atoms with E-state index in [1.54, 1.807) is 0 Å². The molecule has 1 aromatic heterocycles. The number of alkyl halides is 3. The molecule has 0 radical (unpaired) electrons. The highest BCUT2D eigenvalue weighted by Gasteiger charge is 2.30.